The van der Waals surface area contributed by atoms with Crippen LogP contribution in [0, 0.1) is 10.7 Å². The summed E-state index contributed by atoms with van der Waals surface area (Å²) in [5, 5.41) is 7.24. The summed E-state index contributed by atoms with van der Waals surface area (Å²) in [7, 11) is 0. The molecule has 0 unspecified atom stereocenters. The number of hydrogen-bond acceptors (Lipinski definition) is 2. The van der Waals surface area contributed by atoms with E-state index in [0.717, 1.165) is 11.3 Å². The maximum absolute atomic E-state index is 5.23. The van der Waals surface area contributed by atoms with E-state index in [2.05, 4.69) is 28.6 Å². The van der Waals surface area contributed by atoms with Gasteiger partial charge in [-0.3, -0.25) is 5.10 Å². The molecular weight excluding hydrogens is 194 g/mol. The van der Waals surface area contributed by atoms with Crippen molar-refractivity contribution in [1.29, 1.82) is 0 Å². The standard InChI is InChI=1S/C10H17N3S/c1-7(2)6-13-9(8-4-3-5-8)11-12-10(13)14/h7-8H,3-6H2,1-2H3,(H,12,14). The van der Waals surface area contributed by atoms with Crippen molar-refractivity contribution in [2.75, 3.05) is 0 Å². The molecule has 1 aliphatic carbocycles. The van der Waals surface area contributed by atoms with Crippen LogP contribution in [0.3, 0.4) is 0 Å². The fraction of sp³-hybridized carbons (Fsp3) is 0.800. The van der Waals surface area contributed by atoms with E-state index >= 15 is 0 Å². The molecule has 1 fully saturated rings. The minimum Gasteiger partial charge on any atom is -0.304 e. The van der Waals surface area contributed by atoms with E-state index in [0.29, 0.717) is 11.8 Å². The Morgan fingerprint density at radius 2 is 2.29 bits per heavy atom. The summed E-state index contributed by atoms with van der Waals surface area (Å²) >= 11 is 5.23. The van der Waals surface area contributed by atoms with Crippen LogP contribution < -0.4 is 0 Å². The molecule has 2 rings (SSSR count). The molecule has 0 aromatic carbocycles. The number of hydrogen-bond donors (Lipinski definition) is 1. The lowest BCUT2D eigenvalue weighted by Crippen LogP contribution is -2.17. The lowest BCUT2D eigenvalue weighted by atomic mass is 9.85. The largest absolute Gasteiger partial charge is 0.304 e. The van der Waals surface area contributed by atoms with Crippen LogP contribution >= 0.6 is 12.2 Å². The fourth-order valence-corrected chi connectivity index (χ4v) is 2.06. The van der Waals surface area contributed by atoms with Crippen LogP contribution in [0.1, 0.15) is 44.9 Å². The van der Waals surface area contributed by atoms with E-state index in [1.807, 2.05) is 0 Å². The molecule has 1 heterocycles. The van der Waals surface area contributed by atoms with Gasteiger partial charge in [0.05, 0.1) is 0 Å². The predicted octanol–water partition coefficient (Wildman–Crippen LogP) is 2.86. The summed E-state index contributed by atoms with van der Waals surface area (Å²) in [5.41, 5.74) is 0. The minimum absolute atomic E-state index is 0.623. The first-order valence-electron chi connectivity index (χ1n) is 5.33. The van der Waals surface area contributed by atoms with Crippen LogP contribution in [0.2, 0.25) is 0 Å². The first kappa shape index (κ1) is 9.90. The summed E-state index contributed by atoms with van der Waals surface area (Å²) in [4.78, 5) is 0. The van der Waals surface area contributed by atoms with Gasteiger partial charge in [0.1, 0.15) is 5.82 Å². The average molecular weight is 211 g/mol. The molecule has 0 radical (unpaired) electrons. The number of aromatic nitrogens is 3. The molecule has 0 amide bonds. The Balaban J connectivity index is 2.25. The maximum atomic E-state index is 5.23. The van der Waals surface area contributed by atoms with E-state index in [-0.39, 0.29) is 0 Å². The Bertz CT molecular complexity index is 360. The monoisotopic (exact) mass is 211 g/mol. The van der Waals surface area contributed by atoms with E-state index in [1.54, 1.807) is 0 Å². The molecule has 0 spiro atoms. The summed E-state index contributed by atoms with van der Waals surface area (Å²) in [6.07, 6.45) is 3.89. The van der Waals surface area contributed by atoms with Gasteiger partial charge in [0.2, 0.25) is 0 Å². The first-order chi connectivity index (χ1) is 6.68. The van der Waals surface area contributed by atoms with Crippen molar-refractivity contribution in [3.8, 4) is 0 Å². The lowest BCUT2D eigenvalue weighted by Gasteiger charge is -2.25. The van der Waals surface area contributed by atoms with Gasteiger partial charge in [-0.25, -0.2) is 0 Å². The Hall–Kier alpha value is -0.640. The van der Waals surface area contributed by atoms with Gasteiger partial charge in [0.25, 0.3) is 0 Å². The van der Waals surface area contributed by atoms with E-state index in [9.17, 15) is 0 Å². The minimum atomic E-state index is 0.623. The molecule has 3 nitrogen and oxygen atoms in total. The van der Waals surface area contributed by atoms with Crippen LogP contribution in [-0.2, 0) is 6.54 Å². The number of aromatic amines is 1. The number of H-pyrrole nitrogens is 1. The van der Waals surface area contributed by atoms with Crippen LogP contribution in [0.4, 0.5) is 0 Å². The Morgan fingerprint density at radius 3 is 2.79 bits per heavy atom. The van der Waals surface area contributed by atoms with Crippen LogP contribution in [0.5, 0.6) is 0 Å². The highest BCUT2D eigenvalue weighted by molar-refractivity contribution is 7.71. The topological polar surface area (TPSA) is 33.6 Å². The van der Waals surface area contributed by atoms with Crippen molar-refractivity contribution in [2.45, 2.75) is 45.6 Å². The second-order valence-electron chi connectivity index (χ2n) is 4.52. The molecule has 0 aliphatic heterocycles. The molecule has 4 heteroatoms. The van der Waals surface area contributed by atoms with Crippen molar-refractivity contribution in [1.82, 2.24) is 14.8 Å². The molecule has 1 aromatic heterocycles. The highest BCUT2D eigenvalue weighted by Gasteiger charge is 2.24. The van der Waals surface area contributed by atoms with Gasteiger partial charge in [-0.05, 0) is 31.0 Å². The fourth-order valence-electron chi connectivity index (χ4n) is 1.85. The summed E-state index contributed by atoms with van der Waals surface area (Å²) in [6.45, 7) is 5.40. The number of nitrogens with one attached hydrogen (secondary N) is 1. The predicted molar refractivity (Wildman–Crippen MR) is 58.8 cm³/mol. The smallest absolute Gasteiger partial charge is 0.195 e. The molecule has 0 bridgehead atoms. The van der Waals surface area contributed by atoms with Crippen molar-refractivity contribution in [2.24, 2.45) is 5.92 Å². The maximum Gasteiger partial charge on any atom is 0.195 e. The molecule has 0 atom stereocenters. The highest BCUT2D eigenvalue weighted by atomic mass is 32.1. The van der Waals surface area contributed by atoms with Crippen molar-refractivity contribution < 1.29 is 0 Å². The van der Waals surface area contributed by atoms with E-state index in [4.69, 9.17) is 12.2 Å². The van der Waals surface area contributed by atoms with Crippen molar-refractivity contribution >= 4 is 12.2 Å². The summed E-state index contributed by atoms with van der Waals surface area (Å²) in [5.74, 6) is 2.45. The third-order valence-electron chi connectivity index (χ3n) is 2.81. The average Bonchev–Trinajstić information content (AvgIpc) is 2.32. The highest BCUT2D eigenvalue weighted by Crippen LogP contribution is 2.35. The van der Waals surface area contributed by atoms with Gasteiger partial charge in [-0.1, -0.05) is 20.3 Å². The second kappa shape index (κ2) is 3.85. The van der Waals surface area contributed by atoms with Crippen molar-refractivity contribution in [3.63, 3.8) is 0 Å². The van der Waals surface area contributed by atoms with Gasteiger partial charge in [-0.15, -0.1) is 0 Å². The Labute approximate surface area is 89.5 Å². The van der Waals surface area contributed by atoms with E-state index in [1.165, 1.54) is 25.1 Å². The van der Waals surface area contributed by atoms with Crippen LogP contribution in [-0.4, -0.2) is 14.8 Å². The SMILES string of the molecule is CC(C)Cn1c(C2CCC2)n[nH]c1=S. The first-order valence-corrected chi connectivity index (χ1v) is 5.74. The molecule has 1 aromatic rings. The third-order valence-corrected chi connectivity index (χ3v) is 3.12. The molecule has 78 valence electrons. The molecule has 1 aliphatic rings. The van der Waals surface area contributed by atoms with Crippen LogP contribution in [0.25, 0.3) is 0 Å². The normalized spacial score (nSPS) is 17.4. The third kappa shape index (κ3) is 1.75. The van der Waals surface area contributed by atoms with Gasteiger partial charge in [0.15, 0.2) is 4.77 Å². The molecule has 1 N–H and O–H groups in total. The van der Waals surface area contributed by atoms with Gasteiger partial charge in [-0.2, -0.15) is 5.10 Å². The van der Waals surface area contributed by atoms with Gasteiger partial charge in [0, 0.05) is 12.5 Å². The van der Waals surface area contributed by atoms with E-state index < -0.39 is 0 Å². The van der Waals surface area contributed by atoms with Gasteiger partial charge < -0.3 is 4.57 Å². The summed E-state index contributed by atoms with van der Waals surface area (Å²) in [6, 6.07) is 0. The number of nitrogens with zero attached hydrogens (tertiary/aromatic N) is 2. The quantitative estimate of drug-likeness (QED) is 0.780. The zero-order chi connectivity index (χ0) is 10.1. The Kier molecular flexibility index (Phi) is 2.72. The lowest BCUT2D eigenvalue weighted by molar-refractivity contribution is 0.375. The van der Waals surface area contributed by atoms with Crippen molar-refractivity contribution in [3.05, 3.63) is 10.6 Å². The zero-order valence-electron chi connectivity index (χ0n) is 8.79. The molecule has 0 saturated heterocycles. The Morgan fingerprint density at radius 1 is 1.57 bits per heavy atom. The molecule has 1 saturated carbocycles. The summed E-state index contributed by atoms with van der Waals surface area (Å²) < 4.78 is 2.95. The zero-order valence-corrected chi connectivity index (χ0v) is 9.60. The van der Waals surface area contributed by atoms with Crippen LogP contribution in [0.15, 0.2) is 0 Å². The molecular formula is C10H17N3S. The number of rotatable bonds is 3. The van der Waals surface area contributed by atoms with Gasteiger partial charge >= 0.3 is 0 Å². The molecule has 14 heavy (non-hydrogen) atoms. The second-order valence-corrected chi connectivity index (χ2v) is 4.91.